The molecule has 2 N–H and O–H groups in total. The number of anilines is 1. The zero-order chi connectivity index (χ0) is 12.4. The van der Waals surface area contributed by atoms with Crippen molar-refractivity contribution in [2.75, 3.05) is 5.73 Å². The third kappa shape index (κ3) is 2.34. The number of aryl methyl sites for hydroxylation is 1. The Labute approximate surface area is 109 Å². The van der Waals surface area contributed by atoms with E-state index in [0.29, 0.717) is 0 Å². The normalized spacial score (nSPS) is 10.8. The van der Waals surface area contributed by atoms with Crippen LogP contribution in [0.15, 0.2) is 22.7 Å². The van der Waals surface area contributed by atoms with Gasteiger partial charge in [0, 0.05) is 22.3 Å². The van der Waals surface area contributed by atoms with Crippen LogP contribution in [-0.2, 0) is 6.54 Å². The largest absolute Gasteiger partial charge is 0.399 e. The zero-order valence-electron chi connectivity index (χ0n) is 9.94. The summed E-state index contributed by atoms with van der Waals surface area (Å²) in [6.07, 6.45) is 1.05. The molecule has 0 bridgehead atoms. The van der Waals surface area contributed by atoms with Gasteiger partial charge in [-0.2, -0.15) is 0 Å². The lowest BCUT2D eigenvalue weighted by Gasteiger charge is -2.09. The molecule has 0 aliphatic carbocycles. The number of aromatic nitrogens is 3. The minimum Gasteiger partial charge on any atom is -0.399 e. The summed E-state index contributed by atoms with van der Waals surface area (Å²) in [5.74, 6) is 1.79. The van der Waals surface area contributed by atoms with E-state index in [1.54, 1.807) is 0 Å². The van der Waals surface area contributed by atoms with Crippen molar-refractivity contribution in [1.82, 2.24) is 14.8 Å². The molecule has 0 saturated carbocycles. The number of hydrogen-bond donors (Lipinski definition) is 1. The van der Waals surface area contributed by atoms with Gasteiger partial charge < -0.3 is 10.3 Å². The van der Waals surface area contributed by atoms with Crippen LogP contribution in [0.25, 0.3) is 11.4 Å². The van der Waals surface area contributed by atoms with Crippen LogP contribution in [0.1, 0.15) is 19.2 Å². The third-order valence-electron chi connectivity index (χ3n) is 2.61. The molecule has 0 saturated heterocycles. The first kappa shape index (κ1) is 12.1. The number of halogens is 1. The second-order valence-electron chi connectivity index (χ2n) is 3.96. The number of hydrogen-bond acceptors (Lipinski definition) is 3. The van der Waals surface area contributed by atoms with Crippen LogP contribution in [-0.4, -0.2) is 14.8 Å². The molecule has 0 aliphatic heterocycles. The van der Waals surface area contributed by atoms with Crippen molar-refractivity contribution in [2.24, 2.45) is 0 Å². The molecule has 2 rings (SSSR count). The van der Waals surface area contributed by atoms with Crippen molar-refractivity contribution in [3.8, 4) is 11.4 Å². The average Bonchev–Trinajstić information content (AvgIpc) is 2.65. The Bertz CT molecular complexity index is 533. The molecule has 0 radical (unpaired) electrons. The molecule has 5 heteroatoms. The molecule has 0 fully saturated rings. The first-order valence-corrected chi connectivity index (χ1v) is 6.38. The van der Waals surface area contributed by atoms with Gasteiger partial charge in [0.25, 0.3) is 0 Å². The molecule has 2 aromatic rings. The van der Waals surface area contributed by atoms with Gasteiger partial charge in [-0.25, -0.2) is 0 Å². The molecular formula is C12H15BrN4. The predicted molar refractivity (Wildman–Crippen MR) is 72.6 cm³/mol. The van der Waals surface area contributed by atoms with Gasteiger partial charge in [0.05, 0.1) is 0 Å². The van der Waals surface area contributed by atoms with Crippen molar-refractivity contribution in [3.63, 3.8) is 0 Å². The molecule has 0 aliphatic rings. The van der Waals surface area contributed by atoms with Crippen LogP contribution in [0.3, 0.4) is 0 Å². The molecule has 90 valence electrons. The summed E-state index contributed by atoms with van der Waals surface area (Å²) in [4.78, 5) is 0. The number of rotatable bonds is 3. The number of nitrogen functional groups attached to an aromatic ring is 1. The fourth-order valence-electron chi connectivity index (χ4n) is 1.79. The molecule has 0 spiro atoms. The minimum atomic E-state index is 0.729. The van der Waals surface area contributed by atoms with Crippen LogP contribution >= 0.6 is 15.9 Å². The van der Waals surface area contributed by atoms with Gasteiger partial charge in [0.1, 0.15) is 5.82 Å². The third-order valence-corrected chi connectivity index (χ3v) is 3.31. The average molecular weight is 295 g/mol. The SMILES string of the molecule is CCCn1c(C)nnc1-c1cc(N)ccc1Br. The summed E-state index contributed by atoms with van der Waals surface area (Å²) >= 11 is 3.53. The Morgan fingerprint density at radius 1 is 1.35 bits per heavy atom. The highest BCUT2D eigenvalue weighted by Crippen LogP contribution is 2.29. The van der Waals surface area contributed by atoms with Gasteiger partial charge in [-0.3, -0.25) is 0 Å². The quantitative estimate of drug-likeness (QED) is 0.886. The van der Waals surface area contributed by atoms with E-state index in [9.17, 15) is 0 Å². The minimum absolute atomic E-state index is 0.729. The molecule has 0 atom stereocenters. The lowest BCUT2D eigenvalue weighted by molar-refractivity contribution is 0.663. The van der Waals surface area contributed by atoms with Crippen molar-refractivity contribution >= 4 is 21.6 Å². The number of benzene rings is 1. The fraction of sp³-hybridized carbons (Fsp3) is 0.333. The molecule has 0 amide bonds. The van der Waals surface area contributed by atoms with E-state index in [2.05, 4.69) is 37.6 Å². The maximum absolute atomic E-state index is 5.82. The van der Waals surface area contributed by atoms with Gasteiger partial charge >= 0.3 is 0 Å². The summed E-state index contributed by atoms with van der Waals surface area (Å²) in [6, 6.07) is 5.71. The van der Waals surface area contributed by atoms with Crippen LogP contribution in [0.2, 0.25) is 0 Å². The summed E-state index contributed by atoms with van der Waals surface area (Å²) in [5.41, 5.74) is 7.53. The molecule has 4 nitrogen and oxygen atoms in total. The van der Waals surface area contributed by atoms with Crippen molar-refractivity contribution in [1.29, 1.82) is 0 Å². The van der Waals surface area contributed by atoms with Gasteiger partial charge in [0.15, 0.2) is 5.82 Å². The molecule has 1 heterocycles. The molecule has 0 unspecified atom stereocenters. The van der Waals surface area contributed by atoms with E-state index in [0.717, 1.165) is 40.3 Å². The first-order chi connectivity index (χ1) is 8.13. The second kappa shape index (κ2) is 4.87. The van der Waals surface area contributed by atoms with Gasteiger partial charge in [-0.15, -0.1) is 10.2 Å². The molecule has 17 heavy (non-hydrogen) atoms. The Hall–Kier alpha value is -1.36. The number of nitrogens with zero attached hydrogens (tertiary/aromatic N) is 3. The van der Waals surface area contributed by atoms with E-state index in [4.69, 9.17) is 5.73 Å². The Kier molecular flexibility index (Phi) is 3.47. The van der Waals surface area contributed by atoms with Crippen molar-refractivity contribution in [2.45, 2.75) is 26.8 Å². The monoisotopic (exact) mass is 294 g/mol. The Morgan fingerprint density at radius 3 is 2.82 bits per heavy atom. The van der Waals surface area contributed by atoms with Crippen molar-refractivity contribution < 1.29 is 0 Å². The van der Waals surface area contributed by atoms with E-state index in [1.807, 2.05) is 25.1 Å². The maximum atomic E-state index is 5.82. The van der Waals surface area contributed by atoms with Crippen LogP contribution < -0.4 is 5.73 Å². The maximum Gasteiger partial charge on any atom is 0.165 e. The lowest BCUT2D eigenvalue weighted by atomic mass is 10.2. The summed E-state index contributed by atoms with van der Waals surface area (Å²) < 4.78 is 3.09. The van der Waals surface area contributed by atoms with Crippen molar-refractivity contribution in [3.05, 3.63) is 28.5 Å². The summed E-state index contributed by atoms with van der Waals surface area (Å²) in [5, 5.41) is 8.37. The molecule has 1 aromatic heterocycles. The molecular weight excluding hydrogens is 280 g/mol. The van der Waals surface area contributed by atoms with E-state index < -0.39 is 0 Å². The second-order valence-corrected chi connectivity index (χ2v) is 4.82. The number of nitrogens with two attached hydrogens (primary N) is 1. The van der Waals surface area contributed by atoms with E-state index in [1.165, 1.54) is 0 Å². The topological polar surface area (TPSA) is 56.7 Å². The molecule has 1 aromatic carbocycles. The van der Waals surface area contributed by atoms with E-state index in [-0.39, 0.29) is 0 Å². The van der Waals surface area contributed by atoms with Crippen LogP contribution in [0, 0.1) is 6.92 Å². The summed E-state index contributed by atoms with van der Waals surface area (Å²) in [7, 11) is 0. The Morgan fingerprint density at radius 2 is 2.12 bits per heavy atom. The highest BCUT2D eigenvalue weighted by Gasteiger charge is 2.13. The zero-order valence-corrected chi connectivity index (χ0v) is 11.5. The summed E-state index contributed by atoms with van der Waals surface area (Å²) in [6.45, 7) is 5.01. The van der Waals surface area contributed by atoms with Gasteiger partial charge in [0.2, 0.25) is 0 Å². The van der Waals surface area contributed by atoms with Gasteiger partial charge in [-0.1, -0.05) is 22.9 Å². The predicted octanol–water partition coefficient (Wildman–Crippen LogP) is 3.01. The highest BCUT2D eigenvalue weighted by molar-refractivity contribution is 9.10. The smallest absolute Gasteiger partial charge is 0.165 e. The Balaban J connectivity index is 2.56. The fourth-order valence-corrected chi connectivity index (χ4v) is 2.21. The lowest BCUT2D eigenvalue weighted by Crippen LogP contribution is -2.02. The first-order valence-electron chi connectivity index (χ1n) is 5.58. The van der Waals surface area contributed by atoms with Gasteiger partial charge in [-0.05, 0) is 31.5 Å². The highest BCUT2D eigenvalue weighted by atomic mass is 79.9. The standard InChI is InChI=1S/C12H15BrN4/c1-3-6-17-8(2)15-16-12(17)10-7-9(14)4-5-11(10)13/h4-5,7H,3,6,14H2,1-2H3. The van der Waals surface area contributed by atoms with Crippen LogP contribution in [0.4, 0.5) is 5.69 Å². The van der Waals surface area contributed by atoms with E-state index >= 15 is 0 Å². The van der Waals surface area contributed by atoms with Crippen LogP contribution in [0.5, 0.6) is 0 Å².